The summed E-state index contributed by atoms with van der Waals surface area (Å²) in [7, 11) is 3.12. The molecular formula is C29H29BrN2O7. The van der Waals surface area contributed by atoms with Crippen LogP contribution in [0.25, 0.3) is 0 Å². The van der Waals surface area contributed by atoms with E-state index in [0.717, 1.165) is 15.6 Å². The molecule has 2 fully saturated rings. The number of amides is 1. The van der Waals surface area contributed by atoms with Gasteiger partial charge in [-0.25, -0.2) is 0 Å². The predicted molar refractivity (Wildman–Crippen MR) is 143 cm³/mol. The lowest BCUT2D eigenvalue weighted by Gasteiger charge is -2.52. The zero-order chi connectivity index (χ0) is 28.4. The van der Waals surface area contributed by atoms with Crippen LogP contribution in [0.3, 0.4) is 0 Å². The molecule has 3 aliphatic carbocycles. The van der Waals surface area contributed by atoms with Gasteiger partial charge in [-0.05, 0) is 80.6 Å². The molecule has 10 heteroatoms. The van der Waals surface area contributed by atoms with Crippen molar-refractivity contribution in [1.29, 1.82) is 0 Å². The summed E-state index contributed by atoms with van der Waals surface area (Å²) in [5.74, 6) is -10.3. The minimum absolute atomic E-state index is 0.0231. The number of aliphatic hydroxyl groups is 1. The molecule has 6 atom stereocenters. The molecule has 5 rings (SSSR count). The third-order valence-electron chi connectivity index (χ3n) is 8.64. The Hall–Kier alpha value is -3.21. The zero-order valence-corrected chi connectivity index (χ0v) is 23.1. The van der Waals surface area contributed by atoms with Gasteiger partial charge in [0.15, 0.2) is 34.7 Å². The first-order valence-electron chi connectivity index (χ1n) is 12.8. The SMILES string of the molecule is CN(C)[C@@H]1C(=O)C(C(N)=O)C(=O)[C@@]2(O)C(=O)C3C(=O)c4c(O)ccc(CCc5ccc(Br)cc5)c4C[C@H]3C[C@@H]12. The van der Waals surface area contributed by atoms with Crippen LogP contribution in [0.15, 0.2) is 40.9 Å². The Kier molecular flexibility index (Phi) is 6.85. The van der Waals surface area contributed by atoms with Gasteiger partial charge in [0.2, 0.25) is 5.91 Å². The Morgan fingerprint density at radius 1 is 1.05 bits per heavy atom. The topological polar surface area (TPSA) is 155 Å². The Morgan fingerprint density at radius 2 is 1.72 bits per heavy atom. The minimum Gasteiger partial charge on any atom is -0.507 e. The van der Waals surface area contributed by atoms with Crippen LogP contribution in [0.4, 0.5) is 0 Å². The monoisotopic (exact) mass is 596 g/mol. The van der Waals surface area contributed by atoms with E-state index in [-0.39, 0.29) is 24.2 Å². The lowest BCUT2D eigenvalue weighted by Crippen LogP contribution is -2.74. The summed E-state index contributed by atoms with van der Waals surface area (Å²) >= 11 is 3.42. The molecule has 2 unspecified atom stereocenters. The third kappa shape index (κ3) is 4.16. The number of Topliss-reactive ketones (excluding diaryl/α,β-unsaturated/α-hetero) is 4. The van der Waals surface area contributed by atoms with Crippen molar-refractivity contribution in [3.05, 3.63) is 63.1 Å². The number of halogens is 1. The number of carbonyl (C=O) groups excluding carboxylic acids is 5. The normalized spacial score (nSPS) is 30.1. The number of phenols is 1. The quantitative estimate of drug-likeness (QED) is 0.438. The van der Waals surface area contributed by atoms with Gasteiger partial charge < -0.3 is 15.9 Å². The van der Waals surface area contributed by atoms with Gasteiger partial charge in [0.05, 0.1) is 17.5 Å². The van der Waals surface area contributed by atoms with E-state index in [9.17, 15) is 34.2 Å². The van der Waals surface area contributed by atoms with E-state index in [1.54, 1.807) is 20.2 Å². The number of nitrogens with two attached hydrogens (primary N) is 1. The summed E-state index contributed by atoms with van der Waals surface area (Å²) < 4.78 is 0.963. The minimum atomic E-state index is -2.72. The highest BCUT2D eigenvalue weighted by atomic mass is 79.9. The van der Waals surface area contributed by atoms with Crippen LogP contribution >= 0.6 is 15.9 Å². The van der Waals surface area contributed by atoms with Crippen LogP contribution in [0, 0.1) is 23.7 Å². The van der Waals surface area contributed by atoms with Crippen molar-refractivity contribution in [2.45, 2.75) is 37.3 Å². The molecule has 204 valence electrons. The maximum Gasteiger partial charge on any atom is 0.235 e. The predicted octanol–water partition coefficient (Wildman–Crippen LogP) is 1.41. The molecule has 39 heavy (non-hydrogen) atoms. The number of aryl methyl sites for hydroxylation is 2. The van der Waals surface area contributed by atoms with Crippen LogP contribution in [0.5, 0.6) is 5.75 Å². The maximum atomic E-state index is 13.9. The van der Waals surface area contributed by atoms with Gasteiger partial charge >= 0.3 is 0 Å². The number of phenolic OH excluding ortho intramolecular Hbond substituents is 1. The number of fused-ring (bicyclic) bond motifs is 3. The lowest BCUT2D eigenvalue weighted by molar-refractivity contribution is -0.181. The molecule has 2 aromatic carbocycles. The number of aromatic hydroxyl groups is 1. The van der Waals surface area contributed by atoms with E-state index in [0.29, 0.717) is 18.4 Å². The molecule has 0 saturated heterocycles. The highest BCUT2D eigenvalue weighted by Gasteiger charge is 2.69. The smallest absolute Gasteiger partial charge is 0.235 e. The third-order valence-corrected chi connectivity index (χ3v) is 9.17. The summed E-state index contributed by atoms with van der Waals surface area (Å²) in [4.78, 5) is 67.7. The lowest BCUT2D eigenvalue weighted by atomic mass is 9.52. The molecule has 0 heterocycles. The second-order valence-corrected chi connectivity index (χ2v) is 11.9. The summed E-state index contributed by atoms with van der Waals surface area (Å²) in [5.41, 5.74) is 5.25. The highest BCUT2D eigenvalue weighted by Crippen LogP contribution is 2.51. The Bertz CT molecular complexity index is 1420. The fourth-order valence-corrected chi connectivity index (χ4v) is 7.10. The van der Waals surface area contributed by atoms with E-state index in [1.807, 2.05) is 24.3 Å². The molecule has 3 aliphatic rings. The van der Waals surface area contributed by atoms with Crippen molar-refractivity contribution in [2.75, 3.05) is 14.1 Å². The fraction of sp³-hybridized carbons (Fsp3) is 0.414. The van der Waals surface area contributed by atoms with Gasteiger partial charge in [0.1, 0.15) is 5.75 Å². The Balaban J connectivity index is 1.55. The zero-order valence-electron chi connectivity index (χ0n) is 21.5. The van der Waals surface area contributed by atoms with Crippen molar-refractivity contribution in [3.8, 4) is 5.75 Å². The van der Waals surface area contributed by atoms with Gasteiger partial charge in [-0.15, -0.1) is 0 Å². The first-order valence-corrected chi connectivity index (χ1v) is 13.6. The summed E-state index contributed by atoms with van der Waals surface area (Å²) in [5, 5.41) is 22.3. The molecule has 0 bridgehead atoms. The Labute approximate surface area is 233 Å². The average Bonchev–Trinajstić information content (AvgIpc) is 2.86. The van der Waals surface area contributed by atoms with Crippen LogP contribution in [0.2, 0.25) is 0 Å². The van der Waals surface area contributed by atoms with Crippen molar-refractivity contribution in [3.63, 3.8) is 0 Å². The first-order chi connectivity index (χ1) is 18.4. The number of primary amides is 1. The molecule has 2 aromatic rings. The first kappa shape index (κ1) is 27.4. The van der Waals surface area contributed by atoms with Gasteiger partial charge in [-0.3, -0.25) is 28.9 Å². The number of rotatable bonds is 5. The molecule has 1 amide bonds. The summed E-state index contributed by atoms with van der Waals surface area (Å²) in [6.45, 7) is 0. The Morgan fingerprint density at radius 3 is 2.33 bits per heavy atom. The molecule has 0 aromatic heterocycles. The molecule has 9 nitrogen and oxygen atoms in total. The number of carbonyl (C=O) groups is 5. The second-order valence-electron chi connectivity index (χ2n) is 11.0. The van der Waals surface area contributed by atoms with Crippen LogP contribution in [0.1, 0.15) is 33.5 Å². The largest absolute Gasteiger partial charge is 0.507 e. The number of ketones is 4. The maximum absolute atomic E-state index is 13.9. The van der Waals surface area contributed by atoms with Crippen molar-refractivity contribution in [2.24, 2.45) is 29.4 Å². The number of likely N-dealkylation sites (N-methyl/N-ethyl adjacent to an activating group) is 1. The van der Waals surface area contributed by atoms with Gasteiger partial charge in [-0.1, -0.05) is 34.1 Å². The van der Waals surface area contributed by atoms with Gasteiger partial charge in [0, 0.05) is 10.4 Å². The fourth-order valence-electron chi connectivity index (χ4n) is 6.83. The molecular weight excluding hydrogens is 568 g/mol. The number of hydrogen-bond acceptors (Lipinski definition) is 8. The molecule has 0 radical (unpaired) electrons. The average molecular weight is 597 g/mol. The van der Waals surface area contributed by atoms with E-state index < -0.39 is 64.4 Å². The molecule has 0 spiro atoms. The van der Waals surface area contributed by atoms with E-state index in [1.165, 1.54) is 11.0 Å². The van der Waals surface area contributed by atoms with Crippen molar-refractivity contribution in [1.82, 2.24) is 4.90 Å². The standard InChI is InChI=1S/C29H29BrN2O7/c1-32(2)23-18-12-15-11-17-14(6-3-13-4-8-16(30)9-5-13)7-10-19(33)21(17)24(34)20(15)26(36)29(18,39)27(37)22(25(23)35)28(31)38/h4-5,7-10,15,18,20,22-23,33,39H,3,6,11-12H2,1-2H3,(H2,31,38)/t15-,18-,20?,22?,23-,29-/m0/s1. The van der Waals surface area contributed by atoms with E-state index in [2.05, 4.69) is 15.9 Å². The van der Waals surface area contributed by atoms with E-state index in [4.69, 9.17) is 5.73 Å². The molecule has 4 N–H and O–H groups in total. The van der Waals surface area contributed by atoms with E-state index >= 15 is 0 Å². The molecule has 2 saturated carbocycles. The molecule has 0 aliphatic heterocycles. The van der Waals surface area contributed by atoms with Gasteiger partial charge in [-0.2, -0.15) is 0 Å². The number of hydrogen-bond donors (Lipinski definition) is 3. The van der Waals surface area contributed by atoms with Crippen molar-refractivity contribution < 1.29 is 34.2 Å². The second kappa shape index (κ2) is 9.76. The van der Waals surface area contributed by atoms with Crippen LogP contribution in [-0.2, 0) is 38.4 Å². The summed E-state index contributed by atoms with van der Waals surface area (Å²) in [6.07, 6.45) is 1.57. The highest BCUT2D eigenvalue weighted by molar-refractivity contribution is 9.10. The number of benzene rings is 2. The van der Waals surface area contributed by atoms with Crippen LogP contribution < -0.4 is 5.73 Å². The van der Waals surface area contributed by atoms with Crippen molar-refractivity contribution >= 4 is 45.0 Å². The van der Waals surface area contributed by atoms with Crippen LogP contribution in [-0.4, -0.2) is 69.9 Å². The summed E-state index contributed by atoms with van der Waals surface area (Å²) in [6, 6.07) is 9.96. The van der Waals surface area contributed by atoms with Gasteiger partial charge in [0.25, 0.3) is 0 Å². The number of nitrogens with zero attached hydrogens (tertiary/aromatic N) is 1.